The maximum absolute atomic E-state index is 5.57. The smallest absolute Gasteiger partial charge is 0.142 e. The van der Waals surface area contributed by atoms with E-state index in [9.17, 15) is 0 Å². The molecule has 2 heterocycles. The summed E-state index contributed by atoms with van der Waals surface area (Å²) in [6, 6.07) is 14.1. The van der Waals surface area contributed by atoms with Crippen LogP contribution in [0.15, 0.2) is 53.1 Å². The average Bonchev–Trinajstić information content (AvgIpc) is 3.02. The second kappa shape index (κ2) is 3.72. The first-order valence-corrected chi connectivity index (χ1v) is 6.25. The number of aromatic nitrogens is 2. The molecule has 4 rings (SSSR count). The quantitative estimate of drug-likeness (QED) is 0.546. The molecule has 0 radical (unpaired) electrons. The number of aryl methyl sites for hydroxylation is 1. The van der Waals surface area contributed by atoms with Gasteiger partial charge in [0.25, 0.3) is 0 Å². The van der Waals surface area contributed by atoms with Crippen LogP contribution in [-0.2, 0) is 0 Å². The first-order valence-electron chi connectivity index (χ1n) is 6.25. The van der Waals surface area contributed by atoms with Gasteiger partial charge in [-0.1, -0.05) is 30.3 Å². The lowest BCUT2D eigenvalue weighted by Crippen LogP contribution is -1.77. The van der Waals surface area contributed by atoms with Crippen molar-refractivity contribution in [2.45, 2.75) is 6.92 Å². The van der Waals surface area contributed by atoms with Crippen molar-refractivity contribution in [2.75, 3.05) is 0 Å². The van der Waals surface area contributed by atoms with Crippen LogP contribution in [0.1, 0.15) is 5.56 Å². The van der Waals surface area contributed by atoms with Gasteiger partial charge in [0.15, 0.2) is 0 Å². The molecule has 2 aromatic carbocycles. The van der Waals surface area contributed by atoms with Crippen molar-refractivity contribution in [3.8, 4) is 11.4 Å². The monoisotopic (exact) mass is 248 g/mol. The topological polar surface area (TPSA) is 41.8 Å². The minimum Gasteiger partial charge on any atom is -0.464 e. The predicted molar refractivity (Wildman–Crippen MR) is 76.0 cm³/mol. The van der Waals surface area contributed by atoms with Crippen LogP contribution >= 0.6 is 0 Å². The third kappa shape index (κ3) is 1.48. The number of fused-ring (bicyclic) bond motifs is 2. The zero-order chi connectivity index (χ0) is 12.8. The fraction of sp³-hybridized carbons (Fsp3) is 0.0625. The van der Waals surface area contributed by atoms with Gasteiger partial charge in [0, 0.05) is 5.39 Å². The number of aromatic amines is 1. The summed E-state index contributed by atoms with van der Waals surface area (Å²) in [4.78, 5) is 8.05. The Bertz CT molecular complexity index is 886. The Hall–Kier alpha value is -2.55. The molecule has 0 fully saturated rings. The Morgan fingerprint density at radius 1 is 1.05 bits per heavy atom. The Labute approximate surface area is 109 Å². The minimum absolute atomic E-state index is 0.856. The molecular formula is C16H12N2O. The summed E-state index contributed by atoms with van der Waals surface area (Å²) in [5.74, 6) is 0.856. The standard InChI is InChI=1S/C16H12N2O/c1-10-5-4-7-13-15(10)18-16(17-13)12-9-19-14-8-3-2-6-11(12)14/h2-9H,1H3,(H,17,18). The molecule has 0 atom stereocenters. The van der Waals surface area contributed by atoms with E-state index in [1.54, 1.807) is 6.26 Å². The van der Waals surface area contributed by atoms with Crippen LogP contribution in [0.4, 0.5) is 0 Å². The highest BCUT2D eigenvalue weighted by molar-refractivity contribution is 5.94. The van der Waals surface area contributed by atoms with E-state index in [1.807, 2.05) is 36.4 Å². The summed E-state index contributed by atoms with van der Waals surface area (Å²) >= 11 is 0. The van der Waals surface area contributed by atoms with Crippen molar-refractivity contribution in [1.29, 1.82) is 0 Å². The number of H-pyrrole nitrogens is 1. The number of rotatable bonds is 1. The van der Waals surface area contributed by atoms with E-state index >= 15 is 0 Å². The fourth-order valence-corrected chi connectivity index (χ4v) is 2.46. The highest BCUT2D eigenvalue weighted by Gasteiger charge is 2.12. The van der Waals surface area contributed by atoms with Gasteiger partial charge in [-0.05, 0) is 24.6 Å². The molecule has 19 heavy (non-hydrogen) atoms. The van der Waals surface area contributed by atoms with Crippen LogP contribution in [0.3, 0.4) is 0 Å². The van der Waals surface area contributed by atoms with E-state index in [1.165, 1.54) is 5.56 Å². The lowest BCUT2D eigenvalue weighted by Gasteiger charge is -1.91. The minimum atomic E-state index is 0.856. The molecule has 3 heteroatoms. The SMILES string of the molecule is Cc1cccc2[nH]c(-c3coc4ccccc34)nc12. The Morgan fingerprint density at radius 2 is 1.95 bits per heavy atom. The van der Waals surface area contributed by atoms with E-state index in [0.717, 1.165) is 33.4 Å². The van der Waals surface area contributed by atoms with Gasteiger partial charge in [-0.3, -0.25) is 0 Å². The van der Waals surface area contributed by atoms with Gasteiger partial charge >= 0.3 is 0 Å². The molecule has 0 unspecified atom stereocenters. The number of hydrogen-bond donors (Lipinski definition) is 1. The molecule has 0 spiro atoms. The lowest BCUT2D eigenvalue weighted by molar-refractivity contribution is 0.616. The van der Waals surface area contributed by atoms with Gasteiger partial charge in [-0.15, -0.1) is 0 Å². The highest BCUT2D eigenvalue weighted by atomic mass is 16.3. The molecule has 92 valence electrons. The second-order valence-electron chi connectivity index (χ2n) is 4.70. The Balaban J connectivity index is 2.02. The highest BCUT2D eigenvalue weighted by Crippen LogP contribution is 2.30. The molecule has 3 nitrogen and oxygen atoms in total. The summed E-state index contributed by atoms with van der Waals surface area (Å²) in [5.41, 5.74) is 5.14. The van der Waals surface area contributed by atoms with E-state index in [4.69, 9.17) is 4.42 Å². The van der Waals surface area contributed by atoms with Crippen LogP contribution in [-0.4, -0.2) is 9.97 Å². The molecule has 4 aromatic rings. The normalized spacial score (nSPS) is 11.4. The van der Waals surface area contributed by atoms with Crippen LogP contribution in [0, 0.1) is 6.92 Å². The first kappa shape index (κ1) is 10.4. The maximum Gasteiger partial charge on any atom is 0.142 e. The first-order chi connectivity index (χ1) is 9.33. The average molecular weight is 248 g/mol. The summed E-state index contributed by atoms with van der Waals surface area (Å²) in [5, 5.41) is 1.08. The summed E-state index contributed by atoms with van der Waals surface area (Å²) in [6.45, 7) is 2.07. The molecule has 1 N–H and O–H groups in total. The van der Waals surface area contributed by atoms with Gasteiger partial charge in [0.05, 0.1) is 16.6 Å². The van der Waals surface area contributed by atoms with Crippen molar-refractivity contribution in [2.24, 2.45) is 0 Å². The Morgan fingerprint density at radius 3 is 2.84 bits per heavy atom. The van der Waals surface area contributed by atoms with E-state index in [-0.39, 0.29) is 0 Å². The number of imidazole rings is 1. The number of hydrogen-bond acceptors (Lipinski definition) is 2. The number of furan rings is 1. The zero-order valence-corrected chi connectivity index (χ0v) is 10.5. The van der Waals surface area contributed by atoms with Crippen LogP contribution in [0.2, 0.25) is 0 Å². The number of nitrogens with one attached hydrogen (secondary N) is 1. The number of para-hydroxylation sites is 2. The van der Waals surface area contributed by atoms with E-state index < -0.39 is 0 Å². The fourth-order valence-electron chi connectivity index (χ4n) is 2.46. The van der Waals surface area contributed by atoms with Crippen molar-refractivity contribution in [1.82, 2.24) is 9.97 Å². The van der Waals surface area contributed by atoms with Gasteiger partial charge in [0.2, 0.25) is 0 Å². The zero-order valence-electron chi connectivity index (χ0n) is 10.5. The largest absolute Gasteiger partial charge is 0.464 e. The van der Waals surface area contributed by atoms with Gasteiger partial charge < -0.3 is 9.40 Å². The summed E-state index contributed by atoms with van der Waals surface area (Å²) < 4.78 is 5.57. The lowest BCUT2D eigenvalue weighted by atomic mass is 10.2. The Kier molecular flexibility index (Phi) is 2.03. The van der Waals surface area contributed by atoms with Crippen LogP contribution < -0.4 is 0 Å². The maximum atomic E-state index is 5.57. The van der Waals surface area contributed by atoms with Crippen molar-refractivity contribution in [3.63, 3.8) is 0 Å². The molecule has 0 aliphatic heterocycles. The molecule has 0 saturated carbocycles. The number of benzene rings is 2. The molecule has 0 bridgehead atoms. The third-order valence-corrected chi connectivity index (χ3v) is 3.45. The molecule has 0 amide bonds. The van der Waals surface area contributed by atoms with Crippen molar-refractivity contribution >= 4 is 22.0 Å². The van der Waals surface area contributed by atoms with Crippen molar-refractivity contribution in [3.05, 3.63) is 54.3 Å². The second-order valence-corrected chi connectivity index (χ2v) is 4.70. The predicted octanol–water partition coefficient (Wildman–Crippen LogP) is 4.28. The molecule has 2 aromatic heterocycles. The van der Waals surface area contributed by atoms with Gasteiger partial charge in [0.1, 0.15) is 17.7 Å². The molecule has 0 aliphatic carbocycles. The summed E-state index contributed by atoms with van der Waals surface area (Å²) in [7, 11) is 0. The van der Waals surface area contributed by atoms with Crippen molar-refractivity contribution < 1.29 is 4.42 Å². The summed E-state index contributed by atoms with van der Waals surface area (Å²) in [6.07, 6.45) is 1.76. The molecule has 0 saturated heterocycles. The van der Waals surface area contributed by atoms with Gasteiger partial charge in [-0.25, -0.2) is 4.98 Å². The third-order valence-electron chi connectivity index (χ3n) is 3.45. The van der Waals surface area contributed by atoms with Crippen LogP contribution in [0.5, 0.6) is 0 Å². The molecular weight excluding hydrogens is 236 g/mol. The van der Waals surface area contributed by atoms with Crippen LogP contribution in [0.25, 0.3) is 33.4 Å². The molecule has 0 aliphatic rings. The van der Waals surface area contributed by atoms with E-state index in [2.05, 4.69) is 23.0 Å². The van der Waals surface area contributed by atoms with E-state index in [0.29, 0.717) is 0 Å². The van der Waals surface area contributed by atoms with Gasteiger partial charge in [-0.2, -0.15) is 0 Å². The number of nitrogens with zero attached hydrogens (tertiary/aromatic N) is 1.